The summed E-state index contributed by atoms with van der Waals surface area (Å²) < 4.78 is 0. The van der Waals surface area contributed by atoms with Crippen LogP contribution in [0.3, 0.4) is 0 Å². The molecule has 0 aromatic heterocycles. The van der Waals surface area contributed by atoms with Crippen LogP contribution in [-0.4, -0.2) is 29.1 Å². The molecule has 2 nitrogen and oxygen atoms in total. The molecule has 1 aliphatic heterocycles. The first-order valence-electron chi connectivity index (χ1n) is 28.0. The molecule has 1 aliphatic rings. The zero-order valence-electron chi connectivity index (χ0n) is 41.0. The van der Waals surface area contributed by atoms with Gasteiger partial charge >= 0.3 is 0 Å². The molecule has 1 atom stereocenters. The van der Waals surface area contributed by atoms with Crippen molar-refractivity contribution in [2.24, 2.45) is 0 Å². The highest BCUT2D eigenvalue weighted by Crippen LogP contribution is 2.25. The summed E-state index contributed by atoms with van der Waals surface area (Å²) in [5.74, 6) is 0. The maximum Gasteiger partial charge on any atom is 0.101 e. The fraction of sp³-hybridized carbons (Fsp3) is 0.964. The minimum Gasteiger partial charge on any atom is -0.356 e. The van der Waals surface area contributed by atoms with Gasteiger partial charge in [-0.3, -0.25) is 0 Å². The number of hydrogen-bond acceptors (Lipinski definition) is 2. The van der Waals surface area contributed by atoms with Crippen molar-refractivity contribution in [2.75, 3.05) is 13.1 Å². The van der Waals surface area contributed by atoms with Crippen molar-refractivity contribution in [1.82, 2.24) is 9.80 Å². The molecule has 0 radical (unpaired) electrons. The van der Waals surface area contributed by atoms with Gasteiger partial charge in [0.25, 0.3) is 0 Å². The van der Waals surface area contributed by atoms with Crippen LogP contribution < -0.4 is 0 Å². The molecule has 0 saturated carbocycles. The molecule has 58 heavy (non-hydrogen) atoms. The first-order chi connectivity index (χ1) is 28.8. The van der Waals surface area contributed by atoms with E-state index in [0.29, 0.717) is 6.17 Å². The lowest BCUT2D eigenvalue weighted by atomic mass is 10.0. The van der Waals surface area contributed by atoms with Crippen molar-refractivity contribution >= 4 is 0 Å². The molecule has 0 N–H and O–H groups in total. The summed E-state index contributed by atoms with van der Waals surface area (Å²) in [5, 5.41) is 0. The Morgan fingerprint density at radius 3 is 0.603 bits per heavy atom. The van der Waals surface area contributed by atoms with Crippen molar-refractivity contribution < 1.29 is 0 Å². The Kier molecular flexibility index (Phi) is 45.2. The van der Waals surface area contributed by atoms with Crippen LogP contribution in [0.1, 0.15) is 329 Å². The third-order valence-corrected chi connectivity index (χ3v) is 13.8. The van der Waals surface area contributed by atoms with Gasteiger partial charge < -0.3 is 9.80 Å². The Morgan fingerprint density at radius 2 is 0.397 bits per heavy atom. The smallest absolute Gasteiger partial charge is 0.101 e. The fourth-order valence-electron chi connectivity index (χ4n) is 9.72. The van der Waals surface area contributed by atoms with E-state index in [-0.39, 0.29) is 0 Å². The number of rotatable bonds is 50. The van der Waals surface area contributed by atoms with Crippen LogP contribution in [0.15, 0.2) is 12.4 Å². The maximum absolute atomic E-state index is 2.75. The van der Waals surface area contributed by atoms with Crippen LogP contribution in [0.25, 0.3) is 0 Å². The normalized spacial score (nSPS) is 14.2. The number of hydrogen-bond donors (Lipinski definition) is 0. The summed E-state index contributed by atoms with van der Waals surface area (Å²) in [6.45, 7) is 9.50. The molecule has 0 saturated heterocycles. The van der Waals surface area contributed by atoms with E-state index in [4.69, 9.17) is 0 Å². The van der Waals surface area contributed by atoms with Crippen LogP contribution in [0.5, 0.6) is 0 Å². The lowest BCUT2D eigenvalue weighted by Crippen LogP contribution is -2.39. The van der Waals surface area contributed by atoms with Gasteiger partial charge in [-0.2, -0.15) is 0 Å². The summed E-state index contributed by atoms with van der Waals surface area (Å²) >= 11 is 0. The molecule has 0 fully saturated rings. The van der Waals surface area contributed by atoms with Crippen molar-refractivity contribution in [2.45, 2.75) is 335 Å². The van der Waals surface area contributed by atoms with Gasteiger partial charge in [0.2, 0.25) is 0 Å². The summed E-state index contributed by atoms with van der Waals surface area (Å²) in [6, 6.07) is 0. The Bertz CT molecular complexity index is 777. The van der Waals surface area contributed by atoms with Gasteiger partial charge in [-0.1, -0.05) is 303 Å². The second kappa shape index (κ2) is 47.4. The third kappa shape index (κ3) is 38.3. The highest BCUT2D eigenvalue weighted by atomic mass is 15.4. The van der Waals surface area contributed by atoms with Crippen molar-refractivity contribution in [3.8, 4) is 0 Å². The first-order valence-corrected chi connectivity index (χ1v) is 28.0. The molecule has 0 aliphatic carbocycles. The molecule has 0 aromatic rings. The zero-order valence-corrected chi connectivity index (χ0v) is 41.0. The van der Waals surface area contributed by atoms with Crippen LogP contribution in [0.4, 0.5) is 0 Å². The van der Waals surface area contributed by atoms with Crippen molar-refractivity contribution in [3.63, 3.8) is 0 Å². The number of nitrogens with zero attached hydrogens (tertiary/aromatic N) is 2. The quantitative estimate of drug-likeness (QED) is 0.0565. The van der Waals surface area contributed by atoms with Gasteiger partial charge in [0, 0.05) is 25.5 Å². The van der Waals surface area contributed by atoms with E-state index >= 15 is 0 Å². The van der Waals surface area contributed by atoms with E-state index in [2.05, 4.69) is 43.0 Å². The average Bonchev–Trinajstić information content (AvgIpc) is 3.62. The highest BCUT2D eigenvalue weighted by Gasteiger charge is 2.25. The molecule has 346 valence electrons. The average molecular weight is 814 g/mol. The third-order valence-electron chi connectivity index (χ3n) is 13.8. The van der Waals surface area contributed by atoms with Crippen LogP contribution in [-0.2, 0) is 0 Å². The molecular weight excluding hydrogens is 701 g/mol. The summed E-state index contributed by atoms with van der Waals surface area (Å²) in [5.41, 5.74) is 0. The maximum atomic E-state index is 2.75. The predicted octanol–water partition coefficient (Wildman–Crippen LogP) is 20.2. The van der Waals surface area contributed by atoms with Gasteiger partial charge in [-0.15, -0.1) is 0 Å². The topological polar surface area (TPSA) is 6.48 Å². The molecule has 0 amide bonds. The van der Waals surface area contributed by atoms with E-state index in [0.717, 1.165) is 0 Å². The second-order valence-corrected chi connectivity index (χ2v) is 19.6. The molecule has 1 unspecified atom stereocenters. The zero-order chi connectivity index (χ0) is 41.5. The van der Waals surface area contributed by atoms with E-state index in [1.807, 2.05) is 0 Å². The van der Waals surface area contributed by atoms with Crippen LogP contribution in [0.2, 0.25) is 0 Å². The molecule has 1 heterocycles. The molecular formula is C56H112N2. The van der Waals surface area contributed by atoms with Gasteiger partial charge in [0.1, 0.15) is 6.17 Å². The lowest BCUT2D eigenvalue weighted by molar-refractivity contribution is 0.135. The SMILES string of the molecule is CCCCCCCCCCCCCCCCCCCN1C=CN(CCCCCCCCCCCCCCCC)C1CCCCCCCCCCCCCCCCCC. The Morgan fingerprint density at radius 1 is 0.224 bits per heavy atom. The van der Waals surface area contributed by atoms with Gasteiger partial charge in [-0.05, 0) is 25.7 Å². The van der Waals surface area contributed by atoms with Crippen LogP contribution >= 0.6 is 0 Å². The van der Waals surface area contributed by atoms with E-state index in [1.165, 1.54) is 321 Å². The first kappa shape index (κ1) is 55.4. The van der Waals surface area contributed by atoms with E-state index in [9.17, 15) is 0 Å². The summed E-state index contributed by atoms with van der Waals surface area (Å²) in [4.78, 5) is 5.50. The van der Waals surface area contributed by atoms with Crippen LogP contribution in [0, 0.1) is 0 Å². The minimum atomic E-state index is 0.634. The largest absolute Gasteiger partial charge is 0.356 e. The van der Waals surface area contributed by atoms with E-state index < -0.39 is 0 Å². The molecule has 0 spiro atoms. The summed E-state index contributed by atoms with van der Waals surface area (Å²) in [7, 11) is 0. The standard InChI is InChI=1S/C56H112N2/c1-4-7-10-13-16-19-22-25-28-30-32-35-38-41-44-47-50-53-58-55-54-57(52-49-46-43-40-37-34-27-24-21-18-15-12-9-6-3)56(58)51-48-45-42-39-36-33-31-29-26-23-20-17-14-11-8-5-2/h54-56H,4-53H2,1-3H3. The predicted molar refractivity (Wildman–Crippen MR) is 265 cm³/mol. The molecule has 0 aromatic carbocycles. The summed E-state index contributed by atoms with van der Waals surface area (Å²) in [6.07, 6.45) is 75.3. The lowest BCUT2D eigenvalue weighted by Gasteiger charge is -2.33. The Balaban J connectivity index is 2.19. The number of unbranched alkanes of at least 4 members (excludes halogenated alkanes) is 44. The van der Waals surface area contributed by atoms with Gasteiger partial charge in [0.15, 0.2) is 0 Å². The highest BCUT2D eigenvalue weighted by molar-refractivity contribution is 4.97. The molecule has 0 bridgehead atoms. The van der Waals surface area contributed by atoms with E-state index in [1.54, 1.807) is 0 Å². The Labute approximate surface area is 369 Å². The molecule has 2 heteroatoms. The van der Waals surface area contributed by atoms with Crippen molar-refractivity contribution in [1.29, 1.82) is 0 Å². The van der Waals surface area contributed by atoms with Crippen molar-refractivity contribution in [3.05, 3.63) is 12.4 Å². The Hall–Kier alpha value is -0.660. The molecule has 1 rings (SSSR count). The second-order valence-electron chi connectivity index (χ2n) is 19.6. The monoisotopic (exact) mass is 813 g/mol. The fourth-order valence-corrected chi connectivity index (χ4v) is 9.72. The minimum absolute atomic E-state index is 0.634. The van der Waals surface area contributed by atoms with Gasteiger partial charge in [0.05, 0.1) is 0 Å². The van der Waals surface area contributed by atoms with Gasteiger partial charge in [-0.25, -0.2) is 0 Å².